The molecule has 0 aliphatic carbocycles. The lowest BCUT2D eigenvalue weighted by Gasteiger charge is -2.30. The van der Waals surface area contributed by atoms with Gasteiger partial charge in [-0.15, -0.1) is 0 Å². The third-order valence-corrected chi connectivity index (χ3v) is 6.56. The van der Waals surface area contributed by atoms with Gasteiger partial charge in [-0.2, -0.15) is 0 Å². The Bertz CT molecular complexity index is 977. The Labute approximate surface area is 207 Å². The number of aromatic nitrogens is 2. The minimum absolute atomic E-state index is 0.00719. The Morgan fingerprint density at radius 1 is 1.15 bits per heavy atom. The molecule has 8 nitrogen and oxygen atoms in total. The van der Waals surface area contributed by atoms with Gasteiger partial charge in [0.25, 0.3) is 5.91 Å². The molecule has 2 heterocycles. The number of carbonyl (C=O) groups excluding carboxylic acids is 2. The van der Waals surface area contributed by atoms with Crippen LogP contribution >= 0.6 is 11.6 Å². The minimum Gasteiger partial charge on any atom is -0.375 e. The van der Waals surface area contributed by atoms with Gasteiger partial charge in [0, 0.05) is 76.3 Å². The van der Waals surface area contributed by atoms with Crippen LogP contribution in [0.5, 0.6) is 0 Å². The average molecular weight is 490 g/mol. The van der Waals surface area contributed by atoms with Crippen molar-refractivity contribution in [3.63, 3.8) is 0 Å². The highest BCUT2D eigenvalue weighted by Crippen LogP contribution is 2.28. The van der Waals surface area contributed by atoms with E-state index in [4.69, 9.17) is 16.3 Å². The Kier molecular flexibility index (Phi) is 9.50. The molecular formula is C25H36ClN5O3. The molecule has 1 aromatic carbocycles. The van der Waals surface area contributed by atoms with E-state index >= 15 is 0 Å². The van der Waals surface area contributed by atoms with Crippen molar-refractivity contribution >= 4 is 29.1 Å². The molecule has 9 heteroatoms. The van der Waals surface area contributed by atoms with Crippen LogP contribution in [0, 0.1) is 6.92 Å². The first kappa shape index (κ1) is 26.2. The molecule has 0 radical (unpaired) electrons. The number of nitrogens with zero attached hydrogens (tertiary/aromatic N) is 5. The van der Waals surface area contributed by atoms with Gasteiger partial charge in [-0.1, -0.05) is 17.7 Å². The topological polar surface area (TPSA) is 70.9 Å². The van der Waals surface area contributed by atoms with E-state index in [1.54, 1.807) is 11.1 Å². The summed E-state index contributed by atoms with van der Waals surface area (Å²) in [5.41, 5.74) is 1.65. The lowest BCUT2D eigenvalue weighted by molar-refractivity contribution is -0.132. The number of halogens is 1. The molecule has 0 saturated heterocycles. The van der Waals surface area contributed by atoms with E-state index in [1.807, 2.05) is 40.8 Å². The Balaban J connectivity index is 1.91. The Morgan fingerprint density at radius 3 is 2.62 bits per heavy atom. The molecule has 1 aliphatic rings. The third-order valence-electron chi connectivity index (χ3n) is 6.33. The molecule has 2 amide bonds. The summed E-state index contributed by atoms with van der Waals surface area (Å²) in [7, 11) is 1.52. The second kappa shape index (κ2) is 12.3. The van der Waals surface area contributed by atoms with Crippen LogP contribution in [0.2, 0.25) is 5.02 Å². The average Bonchev–Trinajstić information content (AvgIpc) is 3.19. The standard InChI is InChI=1S/C25H36ClN5O3/c1-19(2)28-10-5-11-31(25(33)18-34-4)23-16-22(26)7-6-21(23)17-30(15-14-28)24(32)8-12-29-13-9-27-20(29)3/h6-7,9,13,16,19H,5,8,10-12,14-15,17-18H2,1-4H3. The second-order valence-electron chi connectivity index (χ2n) is 8.97. The van der Waals surface area contributed by atoms with Crippen LogP contribution in [0.15, 0.2) is 30.6 Å². The van der Waals surface area contributed by atoms with E-state index in [0.29, 0.717) is 43.7 Å². The number of anilines is 1. The van der Waals surface area contributed by atoms with E-state index in [2.05, 4.69) is 23.7 Å². The second-order valence-corrected chi connectivity index (χ2v) is 9.40. The highest BCUT2D eigenvalue weighted by atomic mass is 35.5. The minimum atomic E-state index is -0.116. The van der Waals surface area contributed by atoms with Crippen LogP contribution in [0.3, 0.4) is 0 Å². The van der Waals surface area contributed by atoms with Crippen molar-refractivity contribution in [3.05, 3.63) is 47.0 Å². The molecule has 3 rings (SSSR count). The number of hydrogen-bond donors (Lipinski definition) is 0. The quantitative estimate of drug-likeness (QED) is 0.622. The fourth-order valence-electron chi connectivity index (χ4n) is 4.32. The summed E-state index contributed by atoms with van der Waals surface area (Å²) in [6.07, 6.45) is 4.84. The summed E-state index contributed by atoms with van der Waals surface area (Å²) >= 11 is 6.34. The van der Waals surface area contributed by atoms with Crippen molar-refractivity contribution in [2.75, 3.05) is 44.8 Å². The fourth-order valence-corrected chi connectivity index (χ4v) is 4.49. The molecule has 186 valence electrons. The highest BCUT2D eigenvalue weighted by molar-refractivity contribution is 6.31. The lowest BCUT2D eigenvalue weighted by Crippen LogP contribution is -2.41. The van der Waals surface area contributed by atoms with E-state index in [0.717, 1.165) is 36.6 Å². The number of rotatable bonds is 6. The smallest absolute Gasteiger partial charge is 0.252 e. The van der Waals surface area contributed by atoms with Gasteiger partial charge in [-0.05, 0) is 44.9 Å². The summed E-state index contributed by atoms with van der Waals surface area (Å²) < 4.78 is 7.13. The molecule has 0 saturated carbocycles. The normalized spacial score (nSPS) is 15.8. The maximum Gasteiger partial charge on any atom is 0.252 e. The zero-order chi connectivity index (χ0) is 24.7. The first-order chi connectivity index (χ1) is 16.3. The summed E-state index contributed by atoms with van der Waals surface area (Å²) in [4.78, 5) is 36.6. The third kappa shape index (κ3) is 6.81. The number of imidazole rings is 1. The molecule has 1 aromatic heterocycles. The molecule has 0 fully saturated rings. The molecular weight excluding hydrogens is 454 g/mol. The predicted molar refractivity (Wildman–Crippen MR) is 134 cm³/mol. The zero-order valence-corrected chi connectivity index (χ0v) is 21.4. The summed E-state index contributed by atoms with van der Waals surface area (Å²) in [6.45, 7) is 10.0. The highest BCUT2D eigenvalue weighted by Gasteiger charge is 2.24. The van der Waals surface area contributed by atoms with Crippen molar-refractivity contribution < 1.29 is 14.3 Å². The number of ether oxygens (including phenoxy) is 1. The van der Waals surface area contributed by atoms with Crippen LogP contribution < -0.4 is 4.90 Å². The van der Waals surface area contributed by atoms with Crippen molar-refractivity contribution in [1.82, 2.24) is 19.4 Å². The number of amides is 2. The molecule has 0 N–H and O–H groups in total. The molecule has 0 bridgehead atoms. The van der Waals surface area contributed by atoms with Crippen molar-refractivity contribution in [2.24, 2.45) is 0 Å². The summed E-state index contributed by atoms with van der Waals surface area (Å²) in [5.74, 6) is 0.852. The number of methoxy groups -OCH3 is 1. The van der Waals surface area contributed by atoms with Gasteiger partial charge in [0.05, 0.1) is 5.69 Å². The number of fused-ring (bicyclic) bond motifs is 1. The summed E-state index contributed by atoms with van der Waals surface area (Å²) in [5, 5.41) is 0.557. The van der Waals surface area contributed by atoms with Crippen molar-refractivity contribution in [1.29, 1.82) is 0 Å². The van der Waals surface area contributed by atoms with Crippen LogP contribution in [-0.4, -0.2) is 77.1 Å². The van der Waals surface area contributed by atoms with Gasteiger partial charge in [0.15, 0.2) is 0 Å². The fraction of sp³-hybridized carbons (Fsp3) is 0.560. The van der Waals surface area contributed by atoms with Crippen LogP contribution in [0.25, 0.3) is 0 Å². The van der Waals surface area contributed by atoms with Gasteiger partial charge in [-0.25, -0.2) is 4.98 Å². The molecule has 0 unspecified atom stereocenters. The maximum absolute atomic E-state index is 13.4. The lowest BCUT2D eigenvalue weighted by atomic mass is 10.1. The van der Waals surface area contributed by atoms with Crippen LogP contribution in [-0.2, 0) is 27.4 Å². The number of aryl methyl sites for hydroxylation is 2. The largest absolute Gasteiger partial charge is 0.375 e. The van der Waals surface area contributed by atoms with Gasteiger partial charge in [0.1, 0.15) is 12.4 Å². The Morgan fingerprint density at radius 2 is 1.94 bits per heavy atom. The van der Waals surface area contributed by atoms with E-state index in [1.165, 1.54) is 7.11 Å². The molecule has 34 heavy (non-hydrogen) atoms. The molecule has 1 aliphatic heterocycles. The molecule has 0 atom stereocenters. The maximum atomic E-state index is 13.4. The predicted octanol–water partition coefficient (Wildman–Crippen LogP) is 3.36. The molecule has 0 spiro atoms. The van der Waals surface area contributed by atoms with Crippen molar-refractivity contribution in [3.8, 4) is 0 Å². The molecule has 2 aromatic rings. The Hall–Kier alpha value is -2.42. The number of hydrogen-bond acceptors (Lipinski definition) is 5. The van der Waals surface area contributed by atoms with E-state index in [-0.39, 0.29) is 18.4 Å². The van der Waals surface area contributed by atoms with Crippen LogP contribution in [0.1, 0.15) is 38.1 Å². The number of carbonyl (C=O) groups is 2. The monoisotopic (exact) mass is 489 g/mol. The van der Waals surface area contributed by atoms with Gasteiger partial charge < -0.3 is 19.1 Å². The van der Waals surface area contributed by atoms with Crippen molar-refractivity contribution in [2.45, 2.75) is 52.7 Å². The summed E-state index contributed by atoms with van der Waals surface area (Å²) in [6, 6.07) is 5.89. The first-order valence-electron chi connectivity index (χ1n) is 11.9. The van der Waals surface area contributed by atoms with E-state index < -0.39 is 0 Å². The van der Waals surface area contributed by atoms with Gasteiger partial charge >= 0.3 is 0 Å². The van der Waals surface area contributed by atoms with Gasteiger partial charge in [-0.3, -0.25) is 14.5 Å². The number of benzene rings is 1. The zero-order valence-electron chi connectivity index (χ0n) is 20.7. The first-order valence-corrected chi connectivity index (χ1v) is 12.2. The van der Waals surface area contributed by atoms with Crippen LogP contribution in [0.4, 0.5) is 5.69 Å². The van der Waals surface area contributed by atoms with E-state index in [9.17, 15) is 9.59 Å². The SMILES string of the molecule is COCC(=O)N1CCCN(C(C)C)CCN(C(=O)CCn2ccnc2C)Cc2ccc(Cl)cc21. The van der Waals surface area contributed by atoms with Gasteiger partial charge in [0.2, 0.25) is 5.91 Å².